The van der Waals surface area contributed by atoms with Gasteiger partial charge in [-0.15, -0.1) is 11.3 Å². The molecule has 0 radical (unpaired) electrons. The molecule has 0 saturated heterocycles. The number of carbonyl (C=O) groups excluding carboxylic acids is 1. The molecule has 2 heterocycles. The average molecular weight is 361 g/mol. The zero-order chi connectivity index (χ0) is 17.1. The fourth-order valence-corrected chi connectivity index (χ4v) is 3.69. The van der Waals surface area contributed by atoms with Gasteiger partial charge in [0, 0.05) is 24.3 Å². The fraction of sp³-hybridized carbons (Fsp3) is 0.375. The molecule has 0 aliphatic heterocycles. The van der Waals surface area contributed by atoms with Crippen molar-refractivity contribution in [2.75, 3.05) is 11.9 Å². The van der Waals surface area contributed by atoms with E-state index in [4.69, 9.17) is 0 Å². The summed E-state index contributed by atoms with van der Waals surface area (Å²) >= 11 is 2.81. The number of aromatic nitrogens is 3. The molecule has 24 heavy (non-hydrogen) atoms. The Kier molecular flexibility index (Phi) is 5.06. The Morgan fingerprint density at radius 2 is 2.12 bits per heavy atom. The molecule has 0 saturated carbocycles. The highest BCUT2D eigenvalue weighted by atomic mass is 32.1. The summed E-state index contributed by atoms with van der Waals surface area (Å²) in [7, 11) is 0. The molecule has 0 bridgehead atoms. The van der Waals surface area contributed by atoms with E-state index in [1.54, 1.807) is 11.3 Å². The Morgan fingerprint density at radius 1 is 1.29 bits per heavy atom. The molecule has 0 spiro atoms. The maximum atomic E-state index is 12.1. The summed E-state index contributed by atoms with van der Waals surface area (Å²) in [6, 6.07) is 3.60. The van der Waals surface area contributed by atoms with Gasteiger partial charge in [0.2, 0.25) is 0 Å². The summed E-state index contributed by atoms with van der Waals surface area (Å²) in [5, 5.41) is 8.95. The van der Waals surface area contributed by atoms with Crippen LogP contribution in [0.5, 0.6) is 0 Å². The number of nitrogens with one attached hydrogen (secondary N) is 2. The van der Waals surface area contributed by atoms with Gasteiger partial charge in [-0.2, -0.15) is 8.75 Å². The van der Waals surface area contributed by atoms with E-state index in [2.05, 4.69) is 43.6 Å². The molecular formula is C16H19N5OS2. The topological polar surface area (TPSA) is 79.8 Å². The third kappa shape index (κ3) is 3.70. The molecule has 2 N–H and O–H groups in total. The van der Waals surface area contributed by atoms with Gasteiger partial charge in [-0.1, -0.05) is 19.9 Å². The summed E-state index contributed by atoms with van der Waals surface area (Å²) in [5.41, 5.74) is 4.23. The fourth-order valence-electron chi connectivity index (χ4n) is 2.27. The number of carbonyl (C=O) groups is 1. The van der Waals surface area contributed by atoms with Crippen LogP contribution in [0.4, 0.5) is 10.5 Å². The Labute approximate surface area is 148 Å². The number of fused-ring (bicyclic) bond motifs is 1. The smallest absolute Gasteiger partial charge is 0.319 e. The van der Waals surface area contributed by atoms with Crippen molar-refractivity contribution in [2.24, 2.45) is 0 Å². The molecule has 0 fully saturated rings. The zero-order valence-electron chi connectivity index (χ0n) is 13.8. The molecular weight excluding hydrogens is 342 g/mol. The van der Waals surface area contributed by atoms with E-state index in [-0.39, 0.29) is 6.03 Å². The van der Waals surface area contributed by atoms with Gasteiger partial charge >= 0.3 is 6.03 Å². The van der Waals surface area contributed by atoms with Gasteiger partial charge in [0.05, 0.1) is 28.1 Å². The number of rotatable bonds is 5. The second-order valence-electron chi connectivity index (χ2n) is 5.85. The maximum absolute atomic E-state index is 12.1. The second kappa shape index (κ2) is 7.23. The predicted molar refractivity (Wildman–Crippen MR) is 99.1 cm³/mol. The van der Waals surface area contributed by atoms with Crippen LogP contribution in [0.3, 0.4) is 0 Å². The van der Waals surface area contributed by atoms with Crippen LogP contribution in [0.25, 0.3) is 11.0 Å². The van der Waals surface area contributed by atoms with Crippen molar-refractivity contribution < 1.29 is 4.79 Å². The second-order valence-corrected chi connectivity index (χ2v) is 7.27. The summed E-state index contributed by atoms with van der Waals surface area (Å²) in [5.74, 6) is 0.440. The lowest BCUT2D eigenvalue weighted by Gasteiger charge is -2.09. The minimum Gasteiger partial charge on any atom is -0.337 e. The van der Waals surface area contributed by atoms with Crippen molar-refractivity contribution in [1.82, 2.24) is 19.0 Å². The van der Waals surface area contributed by atoms with Gasteiger partial charge in [-0.3, -0.25) is 0 Å². The third-order valence-corrected chi connectivity index (χ3v) is 5.34. The predicted octanol–water partition coefficient (Wildman–Crippen LogP) is 3.94. The van der Waals surface area contributed by atoms with Gasteiger partial charge in [-0.05, 0) is 18.6 Å². The number of amides is 2. The highest BCUT2D eigenvalue weighted by molar-refractivity contribution is 7.09. The van der Waals surface area contributed by atoms with Crippen LogP contribution in [0, 0.1) is 6.92 Å². The van der Waals surface area contributed by atoms with E-state index in [0.717, 1.165) is 51.1 Å². The summed E-state index contributed by atoms with van der Waals surface area (Å²) in [6.45, 7) is 6.74. The Morgan fingerprint density at radius 3 is 2.88 bits per heavy atom. The molecule has 8 heteroatoms. The van der Waals surface area contributed by atoms with Crippen LogP contribution in [0.15, 0.2) is 17.5 Å². The molecule has 3 aromatic rings. The molecule has 0 unspecified atom stereocenters. The summed E-state index contributed by atoms with van der Waals surface area (Å²) in [6.07, 6.45) is 0.720. The number of anilines is 1. The molecule has 6 nitrogen and oxygen atoms in total. The average Bonchev–Trinajstić information content (AvgIpc) is 3.19. The number of hydrogen-bond acceptors (Lipinski definition) is 6. The number of benzene rings is 1. The van der Waals surface area contributed by atoms with E-state index in [0.29, 0.717) is 12.5 Å². The lowest BCUT2D eigenvalue weighted by atomic mass is 10.1. The van der Waals surface area contributed by atoms with Crippen molar-refractivity contribution in [3.05, 3.63) is 33.8 Å². The third-order valence-electron chi connectivity index (χ3n) is 3.60. The SMILES string of the molecule is Cc1ccc2nsnc2c1NC(=O)NCCc1csc(C(C)C)n1. The summed E-state index contributed by atoms with van der Waals surface area (Å²) in [4.78, 5) is 16.7. The van der Waals surface area contributed by atoms with Crippen molar-refractivity contribution in [2.45, 2.75) is 33.1 Å². The van der Waals surface area contributed by atoms with Gasteiger partial charge in [0.1, 0.15) is 11.0 Å². The van der Waals surface area contributed by atoms with Gasteiger partial charge in [0.15, 0.2) is 0 Å². The quantitative estimate of drug-likeness (QED) is 0.721. The number of urea groups is 1. The first-order valence-electron chi connectivity index (χ1n) is 7.75. The maximum Gasteiger partial charge on any atom is 0.319 e. The van der Waals surface area contributed by atoms with E-state index in [1.165, 1.54) is 0 Å². The first-order valence-corrected chi connectivity index (χ1v) is 9.36. The minimum absolute atomic E-state index is 0.238. The standard InChI is InChI=1S/C16H19N5OS2/c1-9(2)15-18-11(8-23-15)6-7-17-16(22)19-13-10(3)4-5-12-14(13)21-24-20-12/h4-5,8-9H,6-7H2,1-3H3,(H2,17,19,22). The highest BCUT2D eigenvalue weighted by Gasteiger charge is 2.12. The van der Waals surface area contributed by atoms with Gasteiger partial charge < -0.3 is 10.6 Å². The van der Waals surface area contributed by atoms with Crippen LogP contribution in [0.1, 0.15) is 36.0 Å². The van der Waals surface area contributed by atoms with Crippen LogP contribution in [-0.2, 0) is 6.42 Å². The molecule has 0 atom stereocenters. The van der Waals surface area contributed by atoms with Crippen molar-refractivity contribution in [3.8, 4) is 0 Å². The lowest BCUT2D eigenvalue weighted by molar-refractivity contribution is 0.252. The normalized spacial score (nSPS) is 11.2. The van der Waals surface area contributed by atoms with Crippen LogP contribution in [-0.4, -0.2) is 26.3 Å². The van der Waals surface area contributed by atoms with E-state index in [1.807, 2.05) is 19.1 Å². The molecule has 126 valence electrons. The van der Waals surface area contributed by atoms with Crippen molar-refractivity contribution in [1.29, 1.82) is 0 Å². The molecule has 0 aliphatic rings. The molecule has 0 aliphatic carbocycles. The van der Waals surface area contributed by atoms with Crippen LogP contribution < -0.4 is 10.6 Å². The highest BCUT2D eigenvalue weighted by Crippen LogP contribution is 2.25. The van der Waals surface area contributed by atoms with Crippen LogP contribution >= 0.6 is 23.1 Å². The molecule has 2 amide bonds. The van der Waals surface area contributed by atoms with Gasteiger partial charge in [-0.25, -0.2) is 9.78 Å². The first kappa shape index (κ1) is 16.8. The Bertz CT molecular complexity index is 855. The van der Waals surface area contributed by atoms with Crippen molar-refractivity contribution in [3.63, 3.8) is 0 Å². The van der Waals surface area contributed by atoms with E-state index < -0.39 is 0 Å². The minimum atomic E-state index is -0.238. The van der Waals surface area contributed by atoms with E-state index >= 15 is 0 Å². The largest absolute Gasteiger partial charge is 0.337 e. The Balaban J connectivity index is 1.57. The number of hydrogen-bond donors (Lipinski definition) is 2. The monoisotopic (exact) mass is 361 g/mol. The molecule has 2 aromatic heterocycles. The summed E-state index contributed by atoms with van der Waals surface area (Å²) < 4.78 is 8.46. The Hall–Kier alpha value is -2.06. The first-order chi connectivity index (χ1) is 11.5. The molecule has 3 rings (SSSR count). The lowest BCUT2D eigenvalue weighted by Crippen LogP contribution is -2.30. The van der Waals surface area contributed by atoms with Gasteiger partial charge in [0.25, 0.3) is 0 Å². The number of thiazole rings is 1. The van der Waals surface area contributed by atoms with E-state index in [9.17, 15) is 4.79 Å². The molecule has 1 aromatic carbocycles. The van der Waals surface area contributed by atoms with Crippen LogP contribution in [0.2, 0.25) is 0 Å². The number of aryl methyl sites for hydroxylation is 1. The zero-order valence-corrected chi connectivity index (χ0v) is 15.4. The van der Waals surface area contributed by atoms with Crippen molar-refractivity contribution >= 4 is 45.8 Å². The number of nitrogens with zero attached hydrogens (tertiary/aromatic N) is 3.